The molecule has 1 amide bonds. The minimum atomic E-state index is -0.166. The topological polar surface area (TPSA) is 67.4 Å². The Morgan fingerprint density at radius 2 is 1.95 bits per heavy atom. The molecule has 1 aromatic heterocycles. The Labute approximate surface area is 123 Å². The van der Waals surface area contributed by atoms with Gasteiger partial charge in [-0.25, -0.2) is 9.97 Å². The Kier molecular flexibility index (Phi) is 4.71. The summed E-state index contributed by atoms with van der Waals surface area (Å²) in [4.78, 5) is 22.0. The summed E-state index contributed by atoms with van der Waals surface area (Å²) in [7, 11) is 5.11. The van der Waals surface area contributed by atoms with E-state index in [1.54, 1.807) is 26.1 Å². The Morgan fingerprint density at radius 3 is 2.48 bits per heavy atom. The van der Waals surface area contributed by atoms with Crippen LogP contribution in [0.1, 0.15) is 16.1 Å². The molecule has 0 bridgehead atoms. The number of nitrogens with one attached hydrogen (secondary N) is 1. The molecule has 0 saturated heterocycles. The maximum Gasteiger partial charge on any atom is 0.274 e. The molecule has 0 spiro atoms. The summed E-state index contributed by atoms with van der Waals surface area (Å²) >= 11 is 0. The van der Waals surface area contributed by atoms with Crippen molar-refractivity contribution in [2.45, 2.75) is 6.54 Å². The number of anilines is 1. The van der Waals surface area contributed by atoms with E-state index in [0.29, 0.717) is 18.1 Å². The lowest BCUT2D eigenvalue weighted by molar-refractivity contribution is 0.0779. The molecule has 0 unspecified atom stereocenters. The number of carbonyl (C=O) groups excluding carboxylic acids is 1. The van der Waals surface area contributed by atoms with Gasteiger partial charge in [-0.1, -0.05) is 12.1 Å². The number of benzene rings is 1. The molecule has 6 nitrogen and oxygen atoms in total. The van der Waals surface area contributed by atoms with Crippen molar-refractivity contribution in [1.29, 1.82) is 0 Å². The molecule has 0 aliphatic rings. The van der Waals surface area contributed by atoms with Crippen LogP contribution in [0.25, 0.3) is 0 Å². The fraction of sp³-hybridized carbons (Fsp3) is 0.267. The number of nitrogens with zero attached hydrogens (tertiary/aromatic N) is 3. The number of amides is 1. The first-order valence-corrected chi connectivity index (χ1v) is 6.52. The molecule has 110 valence electrons. The van der Waals surface area contributed by atoms with E-state index in [1.165, 1.54) is 12.4 Å². The van der Waals surface area contributed by atoms with Crippen molar-refractivity contribution in [2.75, 3.05) is 26.5 Å². The molecular formula is C15H18N4O2. The third-order valence-corrected chi connectivity index (χ3v) is 3.05. The molecule has 0 atom stereocenters. The van der Waals surface area contributed by atoms with Gasteiger partial charge in [0.15, 0.2) is 0 Å². The van der Waals surface area contributed by atoms with Gasteiger partial charge >= 0.3 is 0 Å². The highest BCUT2D eigenvalue weighted by Crippen LogP contribution is 2.13. The molecule has 21 heavy (non-hydrogen) atoms. The van der Waals surface area contributed by atoms with Gasteiger partial charge in [0.25, 0.3) is 5.91 Å². The van der Waals surface area contributed by atoms with Crippen LogP contribution in [0.4, 0.5) is 5.82 Å². The number of carbonyl (C=O) groups is 1. The van der Waals surface area contributed by atoms with Crippen LogP contribution >= 0.6 is 0 Å². The SMILES string of the molecule is CNc1cnc(C(=O)N(C)Cc2ccc(OC)cc2)cn1. The summed E-state index contributed by atoms with van der Waals surface area (Å²) in [5.41, 5.74) is 1.34. The van der Waals surface area contributed by atoms with Crippen LogP contribution in [0, 0.1) is 0 Å². The van der Waals surface area contributed by atoms with E-state index < -0.39 is 0 Å². The molecule has 6 heteroatoms. The van der Waals surface area contributed by atoms with Gasteiger partial charge in [0.2, 0.25) is 0 Å². The van der Waals surface area contributed by atoms with Crippen molar-refractivity contribution in [3.8, 4) is 5.75 Å². The highest BCUT2D eigenvalue weighted by molar-refractivity contribution is 5.91. The van der Waals surface area contributed by atoms with Gasteiger partial charge in [0, 0.05) is 20.6 Å². The fourth-order valence-electron chi connectivity index (χ4n) is 1.84. The predicted molar refractivity (Wildman–Crippen MR) is 80.4 cm³/mol. The zero-order valence-corrected chi connectivity index (χ0v) is 12.3. The molecular weight excluding hydrogens is 268 g/mol. The molecule has 0 fully saturated rings. The monoisotopic (exact) mass is 286 g/mol. The smallest absolute Gasteiger partial charge is 0.274 e. The second-order valence-corrected chi connectivity index (χ2v) is 4.55. The summed E-state index contributed by atoms with van der Waals surface area (Å²) in [6, 6.07) is 7.60. The molecule has 1 N–H and O–H groups in total. The zero-order valence-electron chi connectivity index (χ0n) is 12.3. The molecule has 0 saturated carbocycles. The molecule has 1 aromatic carbocycles. The summed E-state index contributed by atoms with van der Waals surface area (Å²) in [6.07, 6.45) is 3.01. The average Bonchev–Trinajstić information content (AvgIpc) is 2.55. The summed E-state index contributed by atoms with van der Waals surface area (Å²) in [6.45, 7) is 0.498. The first-order valence-electron chi connectivity index (χ1n) is 6.52. The maximum atomic E-state index is 12.3. The number of aromatic nitrogens is 2. The Balaban J connectivity index is 2.03. The predicted octanol–water partition coefficient (Wildman–Crippen LogP) is 1.80. The Hall–Kier alpha value is -2.63. The largest absolute Gasteiger partial charge is 0.497 e. The van der Waals surface area contributed by atoms with Crippen LogP contribution in [-0.4, -0.2) is 42.0 Å². The van der Waals surface area contributed by atoms with E-state index >= 15 is 0 Å². The van der Waals surface area contributed by atoms with E-state index in [-0.39, 0.29) is 5.91 Å². The first kappa shape index (κ1) is 14.8. The lowest BCUT2D eigenvalue weighted by atomic mass is 10.2. The van der Waals surface area contributed by atoms with Gasteiger partial charge in [-0.15, -0.1) is 0 Å². The van der Waals surface area contributed by atoms with Crippen LogP contribution in [0.2, 0.25) is 0 Å². The number of methoxy groups -OCH3 is 1. The maximum absolute atomic E-state index is 12.3. The minimum absolute atomic E-state index is 0.166. The summed E-state index contributed by atoms with van der Waals surface area (Å²) < 4.78 is 5.11. The molecule has 2 rings (SSSR count). The van der Waals surface area contributed by atoms with E-state index in [4.69, 9.17) is 4.74 Å². The van der Waals surface area contributed by atoms with Crippen LogP contribution in [-0.2, 0) is 6.54 Å². The van der Waals surface area contributed by atoms with Crippen molar-refractivity contribution in [3.63, 3.8) is 0 Å². The van der Waals surface area contributed by atoms with Crippen molar-refractivity contribution >= 4 is 11.7 Å². The minimum Gasteiger partial charge on any atom is -0.497 e. The van der Waals surface area contributed by atoms with E-state index in [0.717, 1.165) is 11.3 Å². The van der Waals surface area contributed by atoms with E-state index in [2.05, 4.69) is 15.3 Å². The van der Waals surface area contributed by atoms with Crippen LogP contribution in [0.3, 0.4) is 0 Å². The normalized spacial score (nSPS) is 10.0. The fourth-order valence-corrected chi connectivity index (χ4v) is 1.84. The van der Waals surface area contributed by atoms with Gasteiger partial charge in [-0.3, -0.25) is 4.79 Å². The molecule has 0 radical (unpaired) electrons. The van der Waals surface area contributed by atoms with Gasteiger partial charge in [-0.05, 0) is 17.7 Å². The lowest BCUT2D eigenvalue weighted by Crippen LogP contribution is -2.27. The summed E-state index contributed by atoms with van der Waals surface area (Å²) in [5, 5.41) is 2.86. The highest BCUT2D eigenvalue weighted by atomic mass is 16.5. The molecule has 1 heterocycles. The van der Waals surface area contributed by atoms with Gasteiger partial charge < -0.3 is 15.0 Å². The number of ether oxygens (including phenoxy) is 1. The molecule has 0 aliphatic heterocycles. The van der Waals surface area contributed by atoms with Gasteiger partial charge in [-0.2, -0.15) is 0 Å². The molecule has 2 aromatic rings. The number of rotatable bonds is 5. The molecule has 0 aliphatic carbocycles. The quantitative estimate of drug-likeness (QED) is 0.907. The van der Waals surface area contributed by atoms with Crippen LogP contribution in [0.15, 0.2) is 36.7 Å². The van der Waals surface area contributed by atoms with Crippen molar-refractivity contribution in [1.82, 2.24) is 14.9 Å². The third-order valence-electron chi connectivity index (χ3n) is 3.05. The van der Waals surface area contributed by atoms with E-state index in [9.17, 15) is 4.79 Å². The van der Waals surface area contributed by atoms with Crippen molar-refractivity contribution in [3.05, 3.63) is 47.9 Å². The van der Waals surface area contributed by atoms with Crippen molar-refractivity contribution < 1.29 is 9.53 Å². The highest BCUT2D eigenvalue weighted by Gasteiger charge is 2.14. The summed E-state index contributed by atoms with van der Waals surface area (Å²) in [5.74, 6) is 1.26. The Bertz CT molecular complexity index is 596. The first-order chi connectivity index (χ1) is 10.1. The Morgan fingerprint density at radius 1 is 1.24 bits per heavy atom. The van der Waals surface area contributed by atoms with Gasteiger partial charge in [0.1, 0.15) is 17.3 Å². The number of hydrogen-bond donors (Lipinski definition) is 1. The third kappa shape index (κ3) is 3.68. The zero-order chi connectivity index (χ0) is 15.2. The van der Waals surface area contributed by atoms with Crippen LogP contribution < -0.4 is 10.1 Å². The lowest BCUT2D eigenvalue weighted by Gasteiger charge is -2.17. The van der Waals surface area contributed by atoms with Crippen molar-refractivity contribution in [2.24, 2.45) is 0 Å². The second-order valence-electron chi connectivity index (χ2n) is 4.55. The second kappa shape index (κ2) is 6.69. The number of hydrogen-bond acceptors (Lipinski definition) is 5. The van der Waals surface area contributed by atoms with E-state index in [1.807, 2.05) is 24.3 Å². The average molecular weight is 286 g/mol. The van der Waals surface area contributed by atoms with Gasteiger partial charge in [0.05, 0.1) is 19.5 Å². The van der Waals surface area contributed by atoms with Crippen LogP contribution in [0.5, 0.6) is 5.75 Å². The standard InChI is InChI=1S/C15H18N4O2/c1-16-14-9-17-13(8-18-14)15(20)19(2)10-11-4-6-12(21-3)7-5-11/h4-9H,10H2,1-3H3,(H,16,18).